The topological polar surface area (TPSA) is 47.0 Å². The number of aryl methyl sites for hydroxylation is 1. The van der Waals surface area contributed by atoms with Crippen molar-refractivity contribution in [3.63, 3.8) is 0 Å². The Morgan fingerprint density at radius 1 is 1.21 bits per heavy atom. The normalized spacial score (nSPS) is 10.5. The van der Waals surface area contributed by atoms with E-state index in [1.807, 2.05) is 31.2 Å². The van der Waals surface area contributed by atoms with E-state index < -0.39 is 0 Å². The van der Waals surface area contributed by atoms with E-state index in [-0.39, 0.29) is 0 Å². The van der Waals surface area contributed by atoms with Crippen LogP contribution in [0.4, 0.5) is 5.82 Å². The maximum absolute atomic E-state index is 6.02. The fourth-order valence-corrected chi connectivity index (χ4v) is 1.80. The Hall–Kier alpha value is -1.65. The molecule has 0 unspecified atom stereocenters. The molecule has 0 fully saturated rings. The highest BCUT2D eigenvalue weighted by molar-refractivity contribution is 6.29. The molecule has 0 amide bonds. The molecule has 1 N–H and O–H groups in total. The van der Waals surface area contributed by atoms with Crippen molar-refractivity contribution in [1.82, 2.24) is 9.97 Å². The van der Waals surface area contributed by atoms with Crippen LogP contribution in [-0.4, -0.2) is 30.2 Å². The lowest BCUT2D eigenvalue weighted by Gasteiger charge is -2.07. The zero-order chi connectivity index (χ0) is 13.7. The lowest BCUT2D eigenvalue weighted by molar-refractivity contribution is 0.210. The number of aromatic nitrogens is 2. The van der Waals surface area contributed by atoms with Gasteiger partial charge in [0.1, 0.15) is 11.0 Å². The Morgan fingerprint density at radius 3 is 2.63 bits per heavy atom. The van der Waals surface area contributed by atoms with Crippen LogP contribution in [0.1, 0.15) is 5.56 Å². The van der Waals surface area contributed by atoms with Crippen LogP contribution in [0.15, 0.2) is 30.3 Å². The molecule has 1 heterocycles. The van der Waals surface area contributed by atoms with Crippen LogP contribution in [0.25, 0.3) is 11.4 Å². The minimum absolute atomic E-state index is 0.422. The SMILES string of the molecule is COCCNc1cc(Cl)nc(-c2ccc(C)cc2)n1. The molecule has 2 rings (SSSR count). The standard InChI is InChI=1S/C14H16ClN3O/c1-10-3-5-11(6-4-10)14-17-12(15)9-13(18-14)16-7-8-19-2/h3-6,9H,7-8H2,1-2H3,(H,16,17,18). The second-order valence-electron chi connectivity index (χ2n) is 4.19. The van der Waals surface area contributed by atoms with Gasteiger partial charge in [-0.2, -0.15) is 0 Å². The third-order valence-corrected chi connectivity index (χ3v) is 2.81. The van der Waals surface area contributed by atoms with Crippen molar-refractivity contribution in [3.05, 3.63) is 41.0 Å². The Balaban J connectivity index is 2.23. The predicted molar refractivity (Wildman–Crippen MR) is 77.6 cm³/mol. The summed E-state index contributed by atoms with van der Waals surface area (Å²) < 4.78 is 4.98. The number of nitrogens with zero attached hydrogens (tertiary/aromatic N) is 2. The lowest BCUT2D eigenvalue weighted by Crippen LogP contribution is -2.09. The zero-order valence-corrected chi connectivity index (χ0v) is 11.7. The first-order chi connectivity index (χ1) is 9.19. The first-order valence-electron chi connectivity index (χ1n) is 6.03. The highest BCUT2D eigenvalue weighted by atomic mass is 35.5. The van der Waals surface area contributed by atoms with Crippen LogP contribution in [-0.2, 0) is 4.74 Å². The van der Waals surface area contributed by atoms with Gasteiger partial charge < -0.3 is 10.1 Å². The molecule has 0 spiro atoms. The molecule has 0 aliphatic rings. The summed E-state index contributed by atoms with van der Waals surface area (Å²) in [7, 11) is 1.66. The third-order valence-electron chi connectivity index (χ3n) is 2.62. The van der Waals surface area contributed by atoms with Crippen LogP contribution < -0.4 is 5.32 Å². The first-order valence-corrected chi connectivity index (χ1v) is 6.41. The Kier molecular flexibility index (Phi) is 4.71. The van der Waals surface area contributed by atoms with Crippen molar-refractivity contribution in [1.29, 1.82) is 0 Å². The van der Waals surface area contributed by atoms with E-state index in [9.17, 15) is 0 Å². The summed E-state index contributed by atoms with van der Waals surface area (Å²) in [5.41, 5.74) is 2.15. The van der Waals surface area contributed by atoms with E-state index >= 15 is 0 Å². The molecule has 2 aromatic rings. The Bertz CT molecular complexity index is 543. The number of methoxy groups -OCH3 is 1. The molecule has 1 aromatic carbocycles. The van der Waals surface area contributed by atoms with Crippen LogP contribution in [0.2, 0.25) is 5.15 Å². The van der Waals surface area contributed by atoms with Crippen molar-refractivity contribution >= 4 is 17.4 Å². The second kappa shape index (κ2) is 6.50. The largest absolute Gasteiger partial charge is 0.383 e. The van der Waals surface area contributed by atoms with Crippen LogP contribution >= 0.6 is 11.6 Å². The van der Waals surface area contributed by atoms with Crippen molar-refractivity contribution in [2.24, 2.45) is 0 Å². The fourth-order valence-electron chi connectivity index (χ4n) is 1.62. The van der Waals surface area contributed by atoms with Crippen molar-refractivity contribution < 1.29 is 4.74 Å². The quantitative estimate of drug-likeness (QED) is 0.674. The van der Waals surface area contributed by atoms with Gasteiger partial charge in [0.2, 0.25) is 0 Å². The molecule has 0 saturated heterocycles. The van der Waals surface area contributed by atoms with Crippen LogP contribution in [0, 0.1) is 6.92 Å². The molecule has 1 aromatic heterocycles. The number of ether oxygens (including phenoxy) is 1. The smallest absolute Gasteiger partial charge is 0.163 e. The summed E-state index contributed by atoms with van der Waals surface area (Å²) in [6.07, 6.45) is 0. The second-order valence-corrected chi connectivity index (χ2v) is 4.57. The summed E-state index contributed by atoms with van der Waals surface area (Å²) in [6, 6.07) is 9.73. The monoisotopic (exact) mass is 277 g/mol. The average molecular weight is 278 g/mol. The maximum Gasteiger partial charge on any atom is 0.163 e. The molecule has 0 aliphatic carbocycles. The lowest BCUT2D eigenvalue weighted by atomic mass is 10.1. The molecular formula is C14H16ClN3O. The Labute approximate surface area is 117 Å². The molecule has 0 aliphatic heterocycles. The van der Waals surface area contributed by atoms with Gasteiger partial charge in [0.25, 0.3) is 0 Å². The van der Waals surface area contributed by atoms with Gasteiger partial charge in [-0.05, 0) is 6.92 Å². The van der Waals surface area contributed by atoms with Crippen LogP contribution in [0.3, 0.4) is 0 Å². The van der Waals surface area contributed by atoms with Crippen molar-refractivity contribution in [3.8, 4) is 11.4 Å². The van der Waals surface area contributed by atoms with Crippen molar-refractivity contribution in [2.75, 3.05) is 25.6 Å². The summed E-state index contributed by atoms with van der Waals surface area (Å²) in [5, 5.41) is 3.57. The van der Waals surface area contributed by atoms with Gasteiger partial charge in [0.15, 0.2) is 5.82 Å². The van der Waals surface area contributed by atoms with Gasteiger partial charge >= 0.3 is 0 Å². The number of benzene rings is 1. The highest BCUT2D eigenvalue weighted by Gasteiger charge is 2.05. The van der Waals surface area contributed by atoms with Gasteiger partial charge in [-0.1, -0.05) is 41.4 Å². The number of rotatable bonds is 5. The summed E-state index contributed by atoms with van der Waals surface area (Å²) >= 11 is 6.02. The summed E-state index contributed by atoms with van der Waals surface area (Å²) in [5.74, 6) is 1.32. The highest BCUT2D eigenvalue weighted by Crippen LogP contribution is 2.20. The van der Waals surface area contributed by atoms with E-state index in [0.717, 1.165) is 5.56 Å². The number of hydrogen-bond donors (Lipinski definition) is 1. The molecule has 0 atom stereocenters. The van der Waals surface area contributed by atoms with E-state index in [1.165, 1.54) is 5.56 Å². The number of nitrogens with one attached hydrogen (secondary N) is 1. The zero-order valence-electron chi connectivity index (χ0n) is 11.0. The van der Waals surface area contributed by atoms with E-state index in [0.29, 0.717) is 29.9 Å². The minimum atomic E-state index is 0.422. The molecule has 0 saturated carbocycles. The van der Waals surface area contributed by atoms with Gasteiger partial charge in [-0.3, -0.25) is 0 Å². The third kappa shape index (κ3) is 3.91. The van der Waals surface area contributed by atoms with Gasteiger partial charge in [0.05, 0.1) is 6.61 Å². The molecule has 4 nitrogen and oxygen atoms in total. The average Bonchev–Trinajstić information content (AvgIpc) is 2.39. The molecule has 0 bridgehead atoms. The molecule has 100 valence electrons. The van der Waals surface area contributed by atoms with E-state index in [4.69, 9.17) is 16.3 Å². The Morgan fingerprint density at radius 2 is 1.95 bits per heavy atom. The molecular weight excluding hydrogens is 262 g/mol. The molecule has 0 radical (unpaired) electrons. The first kappa shape index (κ1) is 13.8. The van der Waals surface area contributed by atoms with Gasteiger partial charge in [-0.15, -0.1) is 0 Å². The van der Waals surface area contributed by atoms with E-state index in [2.05, 4.69) is 15.3 Å². The molecule has 5 heteroatoms. The van der Waals surface area contributed by atoms with Gasteiger partial charge in [0, 0.05) is 25.3 Å². The maximum atomic E-state index is 6.02. The van der Waals surface area contributed by atoms with Crippen molar-refractivity contribution in [2.45, 2.75) is 6.92 Å². The van der Waals surface area contributed by atoms with Crippen LogP contribution in [0.5, 0.6) is 0 Å². The fraction of sp³-hybridized carbons (Fsp3) is 0.286. The summed E-state index contributed by atoms with van der Waals surface area (Å²) in [6.45, 7) is 3.33. The number of hydrogen-bond acceptors (Lipinski definition) is 4. The number of halogens is 1. The predicted octanol–water partition coefficient (Wildman–Crippen LogP) is 3.16. The van der Waals surface area contributed by atoms with E-state index in [1.54, 1.807) is 13.2 Å². The van der Waals surface area contributed by atoms with Gasteiger partial charge in [-0.25, -0.2) is 9.97 Å². The number of anilines is 1. The minimum Gasteiger partial charge on any atom is -0.383 e. The summed E-state index contributed by atoms with van der Waals surface area (Å²) in [4.78, 5) is 8.69. The molecule has 19 heavy (non-hydrogen) atoms.